The van der Waals surface area contributed by atoms with E-state index in [-0.39, 0.29) is 11.3 Å². The van der Waals surface area contributed by atoms with Crippen LogP contribution in [0.5, 0.6) is 5.75 Å². The molecule has 0 amide bonds. The molecule has 2 rings (SSSR count). The first-order chi connectivity index (χ1) is 9.88. The van der Waals surface area contributed by atoms with Gasteiger partial charge in [-0.15, -0.1) is 11.6 Å². The Balaban J connectivity index is 2.38. The molecule has 0 spiro atoms. The molecule has 112 valence electrons. The summed E-state index contributed by atoms with van der Waals surface area (Å²) < 4.78 is 68.6. The number of hydrogen-bond donors (Lipinski definition) is 0. The molecule has 0 fully saturated rings. The van der Waals surface area contributed by atoms with Crippen molar-refractivity contribution in [2.45, 2.75) is 12.0 Å². The van der Waals surface area contributed by atoms with Crippen molar-refractivity contribution in [2.75, 3.05) is 0 Å². The second-order valence-electron chi connectivity index (χ2n) is 4.10. The van der Waals surface area contributed by atoms with E-state index in [1.807, 2.05) is 0 Å². The highest BCUT2D eigenvalue weighted by Crippen LogP contribution is 2.34. The van der Waals surface area contributed by atoms with E-state index >= 15 is 0 Å². The van der Waals surface area contributed by atoms with Crippen LogP contribution in [0.4, 0.5) is 22.0 Å². The van der Waals surface area contributed by atoms with Gasteiger partial charge in [0.1, 0.15) is 23.2 Å². The van der Waals surface area contributed by atoms with Gasteiger partial charge < -0.3 is 4.74 Å². The predicted octanol–water partition coefficient (Wildman–Crippen LogP) is 5.03. The molecule has 0 heterocycles. The lowest BCUT2D eigenvalue weighted by Gasteiger charge is -2.14. The van der Waals surface area contributed by atoms with Gasteiger partial charge in [-0.2, -0.15) is 8.78 Å². The molecule has 0 saturated carbocycles. The average molecular weight is 323 g/mol. The van der Waals surface area contributed by atoms with Gasteiger partial charge in [0, 0.05) is 17.7 Å². The molecule has 7 heteroatoms. The summed E-state index contributed by atoms with van der Waals surface area (Å²) in [6.45, 7) is -3.03. The molecule has 21 heavy (non-hydrogen) atoms. The number of halogens is 6. The molecule has 0 saturated heterocycles. The molecular formula is C14H8ClF5O. The number of ether oxygens (including phenoxy) is 1. The van der Waals surface area contributed by atoms with Gasteiger partial charge >= 0.3 is 6.61 Å². The molecule has 0 aromatic heterocycles. The van der Waals surface area contributed by atoms with E-state index in [1.165, 1.54) is 18.2 Å². The Labute approximate surface area is 121 Å². The standard InChI is InChI=1S/C14H8ClF5O/c15-13(12-10(17)5-8(16)6-11(12)18)7-2-1-3-9(4-7)21-14(19)20/h1-6,13-14H. The molecule has 0 aliphatic heterocycles. The van der Waals surface area contributed by atoms with Crippen LogP contribution >= 0.6 is 11.6 Å². The van der Waals surface area contributed by atoms with Crippen molar-refractivity contribution in [3.63, 3.8) is 0 Å². The smallest absolute Gasteiger partial charge is 0.387 e. The van der Waals surface area contributed by atoms with Gasteiger partial charge in [0.25, 0.3) is 0 Å². The van der Waals surface area contributed by atoms with Crippen LogP contribution in [0, 0.1) is 17.5 Å². The summed E-state index contributed by atoms with van der Waals surface area (Å²) in [4.78, 5) is 0. The van der Waals surface area contributed by atoms with Gasteiger partial charge in [-0.05, 0) is 17.7 Å². The Morgan fingerprint density at radius 3 is 2.14 bits per heavy atom. The van der Waals surface area contributed by atoms with Crippen molar-refractivity contribution in [3.05, 3.63) is 65.0 Å². The van der Waals surface area contributed by atoms with Crippen LogP contribution in [0.15, 0.2) is 36.4 Å². The molecule has 1 nitrogen and oxygen atoms in total. The molecule has 0 radical (unpaired) electrons. The third-order valence-corrected chi connectivity index (χ3v) is 3.14. The zero-order valence-corrected chi connectivity index (χ0v) is 11.1. The molecule has 2 aromatic carbocycles. The Morgan fingerprint density at radius 1 is 0.952 bits per heavy atom. The number of hydrogen-bond acceptors (Lipinski definition) is 1. The summed E-state index contributed by atoms with van der Waals surface area (Å²) in [5, 5.41) is -1.31. The van der Waals surface area contributed by atoms with Gasteiger partial charge in [-0.3, -0.25) is 0 Å². The van der Waals surface area contributed by atoms with Crippen molar-refractivity contribution in [1.29, 1.82) is 0 Å². The van der Waals surface area contributed by atoms with E-state index in [1.54, 1.807) is 0 Å². The minimum atomic E-state index is -3.03. The van der Waals surface area contributed by atoms with Gasteiger partial charge in [-0.25, -0.2) is 13.2 Å². The van der Waals surface area contributed by atoms with Crippen molar-refractivity contribution in [2.24, 2.45) is 0 Å². The highest BCUT2D eigenvalue weighted by molar-refractivity contribution is 6.22. The molecule has 2 aromatic rings. The van der Waals surface area contributed by atoms with Crippen LogP contribution in [-0.2, 0) is 0 Å². The SMILES string of the molecule is Fc1cc(F)c(C(Cl)c2cccc(OC(F)F)c2)c(F)c1. The Hall–Kier alpha value is -1.82. The molecule has 1 unspecified atom stereocenters. The van der Waals surface area contributed by atoms with E-state index in [0.717, 1.165) is 6.07 Å². The first-order valence-electron chi connectivity index (χ1n) is 5.71. The van der Waals surface area contributed by atoms with Crippen LogP contribution in [0.2, 0.25) is 0 Å². The Bertz CT molecular complexity index is 624. The Kier molecular flexibility index (Phi) is 4.67. The third kappa shape index (κ3) is 3.64. The minimum absolute atomic E-state index is 0.138. The predicted molar refractivity (Wildman–Crippen MR) is 67.1 cm³/mol. The van der Waals surface area contributed by atoms with Gasteiger partial charge in [0.2, 0.25) is 0 Å². The first kappa shape index (κ1) is 15.6. The normalized spacial score (nSPS) is 12.5. The molecule has 0 aliphatic carbocycles. The topological polar surface area (TPSA) is 9.23 Å². The fourth-order valence-electron chi connectivity index (χ4n) is 1.81. The van der Waals surface area contributed by atoms with Crippen molar-refractivity contribution >= 4 is 11.6 Å². The number of rotatable bonds is 4. The molecule has 0 bridgehead atoms. The van der Waals surface area contributed by atoms with Crippen LogP contribution in [0.1, 0.15) is 16.5 Å². The third-order valence-electron chi connectivity index (χ3n) is 2.67. The van der Waals surface area contributed by atoms with E-state index in [9.17, 15) is 22.0 Å². The van der Waals surface area contributed by atoms with Crippen LogP contribution in [0.3, 0.4) is 0 Å². The zero-order chi connectivity index (χ0) is 15.6. The lowest BCUT2D eigenvalue weighted by Crippen LogP contribution is -2.04. The Morgan fingerprint density at radius 2 is 1.57 bits per heavy atom. The fourth-order valence-corrected chi connectivity index (χ4v) is 2.15. The molecule has 1 atom stereocenters. The summed E-state index contributed by atoms with van der Waals surface area (Å²) in [6, 6.07) is 6.10. The van der Waals surface area contributed by atoms with Crippen molar-refractivity contribution in [1.82, 2.24) is 0 Å². The van der Waals surface area contributed by atoms with Gasteiger partial charge in [-0.1, -0.05) is 12.1 Å². The second kappa shape index (κ2) is 6.30. The highest BCUT2D eigenvalue weighted by atomic mass is 35.5. The maximum atomic E-state index is 13.6. The van der Waals surface area contributed by atoms with Crippen molar-refractivity contribution in [3.8, 4) is 5.75 Å². The fraction of sp³-hybridized carbons (Fsp3) is 0.143. The summed E-state index contributed by atoms with van der Waals surface area (Å²) in [7, 11) is 0. The van der Waals surface area contributed by atoms with Gasteiger partial charge in [0.05, 0.1) is 5.38 Å². The van der Waals surface area contributed by atoms with Crippen LogP contribution in [-0.4, -0.2) is 6.61 Å². The molecular weight excluding hydrogens is 315 g/mol. The zero-order valence-electron chi connectivity index (χ0n) is 10.3. The van der Waals surface area contributed by atoms with E-state index in [2.05, 4.69) is 4.74 Å². The van der Waals surface area contributed by atoms with Crippen LogP contribution < -0.4 is 4.74 Å². The number of benzene rings is 2. The van der Waals surface area contributed by atoms with Crippen molar-refractivity contribution < 1.29 is 26.7 Å². The van der Waals surface area contributed by atoms with E-state index in [0.29, 0.717) is 12.1 Å². The maximum Gasteiger partial charge on any atom is 0.387 e. The van der Waals surface area contributed by atoms with Crippen LogP contribution in [0.25, 0.3) is 0 Å². The van der Waals surface area contributed by atoms with E-state index < -0.39 is 35.0 Å². The average Bonchev–Trinajstić information content (AvgIpc) is 2.36. The number of alkyl halides is 3. The largest absolute Gasteiger partial charge is 0.435 e. The first-order valence-corrected chi connectivity index (χ1v) is 6.15. The van der Waals surface area contributed by atoms with E-state index in [4.69, 9.17) is 11.6 Å². The molecule has 0 aliphatic rings. The van der Waals surface area contributed by atoms with Gasteiger partial charge in [0.15, 0.2) is 0 Å². The summed E-state index contributed by atoms with van der Waals surface area (Å²) in [6.07, 6.45) is 0. The molecule has 0 N–H and O–H groups in total. The second-order valence-corrected chi connectivity index (χ2v) is 4.53. The summed E-state index contributed by atoms with van der Waals surface area (Å²) >= 11 is 5.96. The quantitative estimate of drug-likeness (QED) is 0.566. The minimum Gasteiger partial charge on any atom is -0.435 e. The summed E-state index contributed by atoms with van der Waals surface area (Å²) in [5.41, 5.74) is -0.425. The monoisotopic (exact) mass is 322 g/mol. The maximum absolute atomic E-state index is 13.6. The highest BCUT2D eigenvalue weighted by Gasteiger charge is 2.21. The lowest BCUT2D eigenvalue weighted by atomic mass is 10.0. The lowest BCUT2D eigenvalue weighted by molar-refractivity contribution is -0.0498. The summed E-state index contributed by atoms with van der Waals surface area (Å²) in [5.74, 6) is -3.59.